The number of hydrogen-bond acceptors (Lipinski definition) is 3. The lowest BCUT2D eigenvalue weighted by Crippen LogP contribution is -2.43. The number of hydrogen-bond donors (Lipinski definition) is 1. The molecule has 1 fully saturated rings. The van der Waals surface area contributed by atoms with Crippen LogP contribution in [0.3, 0.4) is 0 Å². The summed E-state index contributed by atoms with van der Waals surface area (Å²) in [4.78, 5) is 2.33. The zero-order chi connectivity index (χ0) is 12.8. The molecule has 1 N–H and O–H groups in total. The summed E-state index contributed by atoms with van der Waals surface area (Å²) in [6.45, 7) is 3.35. The Kier molecular flexibility index (Phi) is 2.91. The summed E-state index contributed by atoms with van der Waals surface area (Å²) in [5.41, 5.74) is 2.99. The van der Waals surface area contributed by atoms with Crippen LogP contribution < -0.4 is 15.0 Å². The third kappa shape index (κ3) is 1.86. The summed E-state index contributed by atoms with van der Waals surface area (Å²) in [7, 11) is 3.83. The first kappa shape index (κ1) is 12.1. The number of fused-ring (bicyclic) bond motifs is 1. The van der Waals surface area contributed by atoms with E-state index in [2.05, 4.69) is 23.3 Å². The molecule has 2 aliphatic rings. The summed E-state index contributed by atoms with van der Waals surface area (Å²) < 4.78 is 5.33. The number of methoxy groups -OCH3 is 1. The minimum absolute atomic E-state index is 0.389. The van der Waals surface area contributed by atoms with Crippen LogP contribution in [0.25, 0.3) is 0 Å². The Morgan fingerprint density at radius 3 is 2.94 bits per heavy atom. The quantitative estimate of drug-likeness (QED) is 0.844. The van der Waals surface area contributed by atoms with E-state index in [1.165, 1.54) is 17.7 Å². The molecule has 1 unspecified atom stereocenters. The van der Waals surface area contributed by atoms with Gasteiger partial charge in [-0.1, -0.05) is 11.6 Å². The van der Waals surface area contributed by atoms with E-state index in [0.29, 0.717) is 10.4 Å². The van der Waals surface area contributed by atoms with Gasteiger partial charge < -0.3 is 15.0 Å². The van der Waals surface area contributed by atoms with Crippen LogP contribution in [0.5, 0.6) is 5.75 Å². The SMILES string of the molecule is COc1cc2c(cc1Cl)N(C)CC1(CCNC1)C2. The molecule has 0 bridgehead atoms. The third-order valence-corrected chi connectivity index (χ3v) is 4.53. The lowest BCUT2D eigenvalue weighted by Gasteiger charge is -2.40. The van der Waals surface area contributed by atoms with E-state index >= 15 is 0 Å². The van der Waals surface area contributed by atoms with Crippen molar-refractivity contribution in [2.75, 3.05) is 38.7 Å². The molecule has 0 aliphatic carbocycles. The van der Waals surface area contributed by atoms with Gasteiger partial charge in [-0.3, -0.25) is 0 Å². The first-order valence-electron chi connectivity index (χ1n) is 6.42. The molecule has 3 nitrogen and oxygen atoms in total. The molecule has 2 heterocycles. The minimum atomic E-state index is 0.389. The van der Waals surface area contributed by atoms with Gasteiger partial charge in [0.05, 0.1) is 12.1 Å². The zero-order valence-corrected chi connectivity index (χ0v) is 11.7. The minimum Gasteiger partial charge on any atom is -0.495 e. The number of halogens is 1. The number of ether oxygens (including phenoxy) is 1. The van der Waals surface area contributed by atoms with E-state index in [1.54, 1.807) is 7.11 Å². The van der Waals surface area contributed by atoms with Gasteiger partial charge in [-0.05, 0) is 37.1 Å². The predicted molar refractivity (Wildman–Crippen MR) is 74.9 cm³/mol. The van der Waals surface area contributed by atoms with E-state index in [4.69, 9.17) is 16.3 Å². The Morgan fingerprint density at radius 1 is 1.44 bits per heavy atom. The van der Waals surface area contributed by atoms with E-state index < -0.39 is 0 Å². The lowest BCUT2D eigenvalue weighted by molar-refractivity contribution is 0.314. The van der Waals surface area contributed by atoms with Crippen LogP contribution >= 0.6 is 11.6 Å². The second-order valence-corrected chi connectivity index (χ2v) is 5.98. The van der Waals surface area contributed by atoms with Crippen molar-refractivity contribution in [1.82, 2.24) is 5.32 Å². The Hall–Kier alpha value is -0.930. The molecular weight excluding hydrogens is 248 g/mol. The summed E-state index contributed by atoms with van der Waals surface area (Å²) in [5.74, 6) is 0.784. The zero-order valence-electron chi connectivity index (χ0n) is 10.9. The molecule has 1 aromatic rings. The Balaban J connectivity index is 2.02. The molecule has 2 aliphatic heterocycles. The normalized spacial score (nSPS) is 26.5. The second kappa shape index (κ2) is 4.32. The molecule has 3 rings (SSSR count). The van der Waals surface area contributed by atoms with Gasteiger partial charge in [-0.2, -0.15) is 0 Å². The predicted octanol–water partition coefficient (Wildman–Crippen LogP) is 2.32. The van der Waals surface area contributed by atoms with Crippen molar-refractivity contribution in [3.8, 4) is 5.75 Å². The van der Waals surface area contributed by atoms with Crippen LogP contribution in [0.2, 0.25) is 5.02 Å². The number of nitrogens with zero attached hydrogens (tertiary/aromatic N) is 1. The van der Waals surface area contributed by atoms with Crippen molar-refractivity contribution >= 4 is 17.3 Å². The fraction of sp³-hybridized carbons (Fsp3) is 0.571. The van der Waals surface area contributed by atoms with Gasteiger partial charge in [0.2, 0.25) is 0 Å². The molecule has 1 aromatic carbocycles. The van der Waals surface area contributed by atoms with Crippen LogP contribution in [-0.2, 0) is 6.42 Å². The average Bonchev–Trinajstić information content (AvgIpc) is 2.78. The van der Waals surface area contributed by atoms with Gasteiger partial charge in [0, 0.05) is 31.2 Å². The number of anilines is 1. The maximum absolute atomic E-state index is 6.21. The lowest BCUT2D eigenvalue weighted by atomic mass is 9.77. The molecule has 0 aromatic heterocycles. The molecule has 98 valence electrons. The molecular formula is C14H19ClN2O. The van der Waals surface area contributed by atoms with Gasteiger partial charge >= 0.3 is 0 Å². The van der Waals surface area contributed by atoms with Crippen LogP contribution in [0, 0.1) is 5.41 Å². The van der Waals surface area contributed by atoms with Gasteiger partial charge in [0.1, 0.15) is 5.75 Å². The van der Waals surface area contributed by atoms with E-state index in [9.17, 15) is 0 Å². The van der Waals surface area contributed by atoms with Crippen molar-refractivity contribution in [2.45, 2.75) is 12.8 Å². The summed E-state index contributed by atoms with van der Waals surface area (Å²) in [5, 5.41) is 4.19. The Labute approximate surface area is 113 Å². The van der Waals surface area contributed by atoms with E-state index in [0.717, 1.165) is 31.8 Å². The third-order valence-electron chi connectivity index (χ3n) is 4.23. The highest BCUT2D eigenvalue weighted by Gasteiger charge is 2.39. The molecule has 1 atom stereocenters. The topological polar surface area (TPSA) is 24.5 Å². The first-order valence-corrected chi connectivity index (χ1v) is 6.80. The van der Waals surface area contributed by atoms with Gasteiger partial charge in [-0.25, -0.2) is 0 Å². The van der Waals surface area contributed by atoms with Crippen molar-refractivity contribution in [3.63, 3.8) is 0 Å². The molecule has 1 spiro atoms. The monoisotopic (exact) mass is 266 g/mol. The Bertz CT molecular complexity index is 469. The van der Waals surface area contributed by atoms with Crippen molar-refractivity contribution in [2.24, 2.45) is 5.41 Å². The highest BCUT2D eigenvalue weighted by molar-refractivity contribution is 6.32. The molecule has 0 amide bonds. The van der Waals surface area contributed by atoms with Crippen molar-refractivity contribution in [3.05, 3.63) is 22.7 Å². The average molecular weight is 267 g/mol. The van der Waals surface area contributed by atoms with Gasteiger partial charge in [0.15, 0.2) is 0 Å². The second-order valence-electron chi connectivity index (χ2n) is 5.58. The Morgan fingerprint density at radius 2 is 2.28 bits per heavy atom. The maximum Gasteiger partial charge on any atom is 0.137 e. The summed E-state index contributed by atoms with van der Waals surface area (Å²) in [6, 6.07) is 4.14. The fourth-order valence-corrected chi connectivity index (χ4v) is 3.60. The summed E-state index contributed by atoms with van der Waals surface area (Å²) in [6.07, 6.45) is 2.37. The molecule has 1 saturated heterocycles. The van der Waals surface area contributed by atoms with Crippen LogP contribution in [0.4, 0.5) is 5.69 Å². The highest BCUT2D eigenvalue weighted by atomic mass is 35.5. The molecule has 0 saturated carbocycles. The van der Waals surface area contributed by atoms with Crippen LogP contribution in [0.15, 0.2) is 12.1 Å². The summed E-state index contributed by atoms with van der Waals surface area (Å²) >= 11 is 6.21. The smallest absolute Gasteiger partial charge is 0.137 e. The van der Waals surface area contributed by atoms with E-state index in [1.807, 2.05) is 6.07 Å². The fourth-order valence-electron chi connectivity index (χ4n) is 3.37. The maximum atomic E-state index is 6.21. The van der Waals surface area contributed by atoms with Gasteiger partial charge in [-0.15, -0.1) is 0 Å². The van der Waals surface area contributed by atoms with Crippen LogP contribution in [0.1, 0.15) is 12.0 Å². The standard InChI is InChI=1S/C14H19ClN2O/c1-17-9-14(3-4-16-8-14)7-10-5-13(18-2)11(15)6-12(10)17/h5-6,16H,3-4,7-9H2,1-2H3. The van der Waals surface area contributed by atoms with Crippen LogP contribution in [-0.4, -0.2) is 33.8 Å². The number of rotatable bonds is 1. The first-order chi connectivity index (χ1) is 8.63. The largest absolute Gasteiger partial charge is 0.495 e. The van der Waals surface area contributed by atoms with E-state index in [-0.39, 0.29) is 0 Å². The highest BCUT2D eigenvalue weighted by Crippen LogP contribution is 2.43. The molecule has 18 heavy (non-hydrogen) atoms. The van der Waals surface area contributed by atoms with Crippen molar-refractivity contribution < 1.29 is 4.74 Å². The number of nitrogens with one attached hydrogen (secondary N) is 1. The molecule has 4 heteroatoms. The van der Waals surface area contributed by atoms with Crippen molar-refractivity contribution in [1.29, 1.82) is 0 Å². The molecule has 0 radical (unpaired) electrons. The number of benzene rings is 1. The van der Waals surface area contributed by atoms with Gasteiger partial charge in [0.25, 0.3) is 0 Å².